The molecule has 0 amide bonds. The SMILES string of the molecule is CC(CCS(C)=O)Nc1cccc2nccn12. The number of nitrogens with one attached hydrogen (secondary N) is 1. The summed E-state index contributed by atoms with van der Waals surface area (Å²) in [6, 6.07) is 6.27. The van der Waals surface area contributed by atoms with Crippen molar-refractivity contribution in [1.82, 2.24) is 9.38 Å². The maximum absolute atomic E-state index is 11.0. The normalized spacial score (nSPS) is 14.7. The molecule has 17 heavy (non-hydrogen) atoms. The first kappa shape index (κ1) is 12.1. The van der Waals surface area contributed by atoms with Crippen molar-refractivity contribution in [2.24, 2.45) is 0 Å². The number of nitrogens with zero attached hydrogens (tertiary/aromatic N) is 2. The van der Waals surface area contributed by atoms with Gasteiger partial charge in [0.05, 0.1) is 0 Å². The Morgan fingerprint density at radius 2 is 2.35 bits per heavy atom. The van der Waals surface area contributed by atoms with Crippen LogP contribution in [0.15, 0.2) is 30.6 Å². The number of hydrogen-bond acceptors (Lipinski definition) is 3. The van der Waals surface area contributed by atoms with E-state index in [9.17, 15) is 4.21 Å². The van der Waals surface area contributed by atoms with Crippen molar-refractivity contribution >= 4 is 22.3 Å². The summed E-state index contributed by atoms with van der Waals surface area (Å²) in [6.07, 6.45) is 6.35. The topological polar surface area (TPSA) is 46.4 Å². The quantitative estimate of drug-likeness (QED) is 0.883. The number of aromatic nitrogens is 2. The summed E-state index contributed by atoms with van der Waals surface area (Å²) in [7, 11) is -0.723. The number of fused-ring (bicyclic) bond motifs is 1. The zero-order valence-electron chi connectivity index (χ0n) is 10.1. The van der Waals surface area contributed by atoms with Crippen LogP contribution in [0.5, 0.6) is 0 Å². The third-order valence-corrected chi connectivity index (χ3v) is 3.47. The molecule has 2 atom stereocenters. The standard InChI is InChI=1S/C12H17N3OS/c1-10(6-9-17(2)16)14-12-5-3-4-11-13-7-8-15(11)12/h3-5,7-8,10,14H,6,9H2,1-2H3. The van der Waals surface area contributed by atoms with E-state index in [1.165, 1.54) is 0 Å². The molecule has 1 N–H and O–H groups in total. The van der Waals surface area contributed by atoms with Gasteiger partial charge in [0.1, 0.15) is 11.5 Å². The van der Waals surface area contributed by atoms with Gasteiger partial charge in [-0.1, -0.05) is 6.07 Å². The van der Waals surface area contributed by atoms with Crippen molar-refractivity contribution in [3.63, 3.8) is 0 Å². The fourth-order valence-electron chi connectivity index (χ4n) is 1.73. The average Bonchev–Trinajstić information content (AvgIpc) is 2.75. The van der Waals surface area contributed by atoms with Crippen LogP contribution in [0, 0.1) is 0 Å². The predicted molar refractivity (Wildman–Crippen MR) is 71.8 cm³/mol. The van der Waals surface area contributed by atoms with Gasteiger partial charge in [-0.15, -0.1) is 0 Å². The molecule has 2 aromatic rings. The van der Waals surface area contributed by atoms with Gasteiger partial charge in [0.15, 0.2) is 0 Å². The molecule has 2 heterocycles. The van der Waals surface area contributed by atoms with Gasteiger partial charge in [0.2, 0.25) is 0 Å². The molecular weight excluding hydrogens is 234 g/mol. The number of imidazole rings is 1. The molecule has 2 unspecified atom stereocenters. The highest BCUT2D eigenvalue weighted by Crippen LogP contribution is 2.12. The Morgan fingerprint density at radius 3 is 3.12 bits per heavy atom. The van der Waals surface area contributed by atoms with Crippen LogP contribution in [0.3, 0.4) is 0 Å². The minimum Gasteiger partial charge on any atom is -0.369 e. The summed E-state index contributed by atoms with van der Waals surface area (Å²) in [5, 5.41) is 3.41. The van der Waals surface area contributed by atoms with Gasteiger partial charge in [0, 0.05) is 41.2 Å². The van der Waals surface area contributed by atoms with E-state index in [4.69, 9.17) is 0 Å². The number of hydrogen-bond donors (Lipinski definition) is 1. The molecule has 5 heteroatoms. The second kappa shape index (κ2) is 5.31. The Kier molecular flexibility index (Phi) is 3.78. The van der Waals surface area contributed by atoms with Crippen LogP contribution in [0.1, 0.15) is 13.3 Å². The molecule has 0 aliphatic carbocycles. The molecule has 0 aliphatic rings. The monoisotopic (exact) mass is 251 g/mol. The van der Waals surface area contributed by atoms with Crippen LogP contribution in [-0.2, 0) is 10.8 Å². The lowest BCUT2D eigenvalue weighted by Crippen LogP contribution is -2.19. The summed E-state index contributed by atoms with van der Waals surface area (Å²) >= 11 is 0. The summed E-state index contributed by atoms with van der Waals surface area (Å²) in [5.41, 5.74) is 0.932. The highest BCUT2D eigenvalue weighted by Gasteiger charge is 2.05. The molecule has 0 aromatic carbocycles. The first-order valence-electron chi connectivity index (χ1n) is 5.65. The Labute approximate surface area is 104 Å². The largest absolute Gasteiger partial charge is 0.369 e. The van der Waals surface area contributed by atoms with Crippen LogP contribution >= 0.6 is 0 Å². The van der Waals surface area contributed by atoms with Crippen LogP contribution < -0.4 is 5.32 Å². The van der Waals surface area contributed by atoms with Crippen molar-refractivity contribution in [3.05, 3.63) is 30.6 Å². The molecule has 0 saturated heterocycles. The second-order valence-corrected chi connectivity index (χ2v) is 5.73. The molecule has 0 spiro atoms. The summed E-state index contributed by atoms with van der Waals surface area (Å²) in [4.78, 5) is 4.24. The molecule has 0 bridgehead atoms. The Balaban J connectivity index is 2.07. The maximum Gasteiger partial charge on any atom is 0.138 e. The number of pyridine rings is 1. The van der Waals surface area contributed by atoms with E-state index in [2.05, 4.69) is 17.2 Å². The van der Waals surface area contributed by atoms with Gasteiger partial charge in [-0.3, -0.25) is 8.61 Å². The van der Waals surface area contributed by atoms with E-state index in [1.54, 1.807) is 12.5 Å². The lowest BCUT2D eigenvalue weighted by Gasteiger charge is -2.15. The fraction of sp³-hybridized carbons (Fsp3) is 0.417. The highest BCUT2D eigenvalue weighted by molar-refractivity contribution is 7.84. The number of rotatable bonds is 5. The Bertz CT molecular complexity index is 523. The summed E-state index contributed by atoms with van der Waals surface area (Å²) < 4.78 is 13.1. The molecule has 0 radical (unpaired) electrons. The molecule has 0 saturated carbocycles. The molecule has 0 fully saturated rings. The Morgan fingerprint density at radius 1 is 1.53 bits per heavy atom. The van der Waals surface area contributed by atoms with E-state index >= 15 is 0 Å². The molecule has 4 nitrogen and oxygen atoms in total. The first-order valence-corrected chi connectivity index (χ1v) is 7.38. The minimum atomic E-state index is -0.723. The first-order chi connectivity index (χ1) is 8.16. The molecule has 92 valence electrons. The predicted octanol–water partition coefficient (Wildman–Crippen LogP) is 1.90. The van der Waals surface area contributed by atoms with E-state index in [-0.39, 0.29) is 0 Å². The zero-order chi connectivity index (χ0) is 12.3. The van der Waals surface area contributed by atoms with Gasteiger partial charge in [-0.2, -0.15) is 0 Å². The van der Waals surface area contributed by atoms with Gasteiger partial charge >= 0.3 is 0 Å². The maximum atomic E-state index is 11.0. The average molecular weight is 251 g/mol. The third kappa shape index (κ3) is 3.06. The molecule has 0 aliphatic heterocycles. The van der Waals surface area contributed by atoms with Gasteiger partial charge in [0.25, 0.3) is 0 Å². The summed E-state index contributed by atoms with van der Waals surface area (Å²) in [5.74, 6) is 1.75. The second-order valence-electron chi connectivity index (χ2n) is 4.18. The zero-order valence-corrected chi connectivity index (χ0v) is 10.9. The van der Waals surface area contributed by atoms with Crippen LogP contribution in [0.25, 0.3) is 5.65 Å². The Hall–Kier alpha value is -1.36. The van der Waals surface area contributed by atoms with Gasteiger partial charge in [-0.05, 0) is 25.5 Å². The highest BCUT2D eigenvalue weighted by atomic mass is 32.2. The third-order valence-electron chi connectivity index (χ3n) is 2.66. The van der Waals surface area contributed by atoms with Crippen molar-refractivity contribution < 1.29 is 4.21 Å². The van der Waals surface area contributed by atoms with E-state index in [0.29, 0.717) is 6.04 Å². The molecular formula is C12H17N3OS. The molecule has 2 rings (SSSR count). The van der Waals surface area contributed by atoms with E-state index in [0.717, 1.165) is 23.6 Å². The van der Waals surface area contributed by atoms with E-state index < -0.39 is 10.8 Å². The van der Waals surface area contributed by atoms with Crippen molar-refractivity contribution in [2.45, 2.75) is 19.4 Å². The lowest BCUT2D eigenvalue weighted by molar-refractivity contribution is 0.678. The van der Waals surface area contributed by atoms with Gasteiger partial charge in [-0.25, -0.2) is 4.98 Å². The smallest absolute Gasteiger partial charge is 0.138 e. The summed E-state index contributed by atoms with van der Waals surface area (Å²) in [6.45, 7) is 2.10. The van der Waals surface area contributed by atoms with Gasteiger partial charge < -0.3 is 5.32 Å². The van der Waals surface area contributed by atoms with Crippen molar-refractivity contribution in [2.75, 3.05) is 17.3 Å². The van der Waals surface area contributed by atoms with Crippen LogP contribution in [0.2, 0.25) is 0 Å². The number of anilines is 1. The lowest BCUT2D eigenvalue weighted by atomic mass is 10.2. The van der Waals surface area contributed by atoms with E-state index in [1.807, 2.05) is 28.8 Å². The van der Waals surface area contributed by atoms with Crippen molar-refractivity contribution in [3.8, 4) is 0 Å². The molecule has 2 aromatic heterocycles. The fourth-order valence-corrected chi connectivity index (χ4v) is 2.42. The minimum absolute atomic E-state index is 0.298. The van der Waals surface area contributed by atoms with Crippen LogP contribution in [0.4, 0.5) is 5.82 Å². The van der Waals surface area contributed by atoms with Crippen LogP contribution in [-0.4, -0.2) is 31.6 Å². The van der Waals surface area contributed by atoms with Crippen molar-refractivity contribution in [1.29, 1.82) is 0 Å².